The van der Waals surface area contributed by atoms with Crippen LogP contribution in [0.15, 0.2) is 28.7 Å². The number of benzene rings is 1. The average molecular weight is 158 g/mol. The minimum absolute atomic E-state index is 0.301. The van der Waals surface area contributed by atoms with Crippen LogP contribution in [0.5, 0.6) is 0 Å². The van der Waals surface area contributed by atoms with Crippen molar-refractivity contribution < 1.29 is 4.42 Å². The largest absolute Gasteiger partial charge is 0.480 e. The van der Waals surface area contributed by atoms with Crippen molar-refractivity contribution >= 4 is 22.5 Å². The van der Waals surface area contributed by atoms with Crippen LogP contribution in [0.4, 0.5) is 11.6 Å². The van der Waals surface area contributed by atoms with Crippen LogP contribution in [-0.2, 0) is 0 Å². The number of furan rings is 1. The number of nitrogens with zero attached hydrogens (tertiary/aromatic N) is 1. The van der Waals surface area contributed by atoms with E-state index in [2.05, 4.69) is 4.85 Å². The summed E-state index contributed by atoms with van der Waals surface area (Å²) in [6.07, 6.45) is 0. The zero-order valence-corrected chi connectivity index (χ0v) is 6.24. The number of hydrogen-bond acceptors (Lipinski definition) is 2. The molecule has 0 fully saturated rings. The molecule has 0 aliphatic rings. The van der Waals surface area contributed by atoms with Gasteiger partial charge >= 0.3 is 5.88 Å². The minimum Gasteiger partial charge on any atom is -0.480 e. The van der Waals surface area contributed by atoms with E-state index in [4.69, 9.17) is 16.7 Å². The third-order valence-electron chi connectivity index (χ3n) is 1.64. The summed E-state index contributed by atoms with van der Waals surface area (Å²) in [5, 5.41) is 0.876. The first-order chi connectivity index (χ1) is 5.79. The zero-order chi connectivity index (χ0) is 8.55. The van der Waals surface area contributed by atoms with Crippen molar-refractivity contribution in [2.75, 3.05) is 5.73 Å². The fraction of sp³-hybridized carbons (Fsp3) is 0. The number of hydrogen-bond donors (Lipinski definition) is 1. The third kappa shape index (κ3) is 0.903. The molecule has 1 heterocycles. The van der Waals surface area contributed by atoms with Gasteiger partial charge in [0.2, 0.25) is 0 Å². The summed E-state index contributed by atoms with van der Waals surface area (Å²) in [4.78, 5) is 3.18. The average Bonchev–Trinajstić information content (AvgIpc) is 2.46. The highest BCUT2D eigenvalue weighted by Gasteiger charge is 2.01. The smallest absolute Gasteiger partial charge is 0.346 e. The van der Waals surface area contributed by atoms with E-state index in [9.17, 15) is 0 Å². The SMILES string of the molecule is [C-]#[N+]c1cc2cc(N)ccc2o1. The van der Waals surface area contributed by atoms with Gasteiger partial charge in [0.15, 0.2) is 0 Å². The van der Waals surface area contributed by atoms with E-state index >= 15 is 0 Å². The van der Waals surface area contributed by atoms with E-state index in [0.717, 1.165) is 5.39 Å². The van der Waals surface area contributed by atoms with Gasteiger partial charge in [-0.3, -0.25) is 0 Å². The van der Waals surface area contributed by atoms with E-state index in [0.29, 0.717) is 17.2 Å². The van der Waals surface area contributed by atoms with Crippen molar-refractivity contribution in [1.29, 1.82) is 0 Å². The standard InChI is InChI=1S/C9H6N2O/c1-11-9-5-6-4-7(10)2-3-8(6)12-9/h2-5H,10H2. The molecule has 2 rings (SSSR count). The quantitative estimate of drug-likeness (QED) is 0.473. The molecular weight excluding hydrogens is 152 g/mol. The molecule has 0 atom stereocenters. The van der Waals surface area contributed by atoms with Gasteiger partial charge in [-0.15, -0.1) is 0 Å². The highest BCUT2D eigenvalue weighted by molar-refractivity contribution is 5.83. The Hall–Kier alpha value is -1.95. The van der Waals surface area contributed by atoms with Crippen molar-refractivity contribution in [1.82, 2.24) is 0 Å². The summed E-state index contributed by atoms with van der Waals surface area (Å²) in [6.45, 7) is 6.73. The molecule has 0 saturated heterocycles. The van der Waals surface area contributed by atoms with Gasteiger partial charge < -0.3 is 10.2 Å². The summed E-state index contributed by atoms with van der Waals surface area (Å²) in [7, 11) is 0. The summed E-state index contributed by atoms with van der Waals surface area (Å²) in [5.74, 6) is 0.301. The molecule has 0 bridgehead atoms. The van der Waals surface area contributed by atoms with Crippen molar-refractivity contribution in [2.45, 2.75) is 0 Å². The van der Waals surface area contributed by atoms with Crippen molar-refractivity contribution in [3.63, 3.8) is 0 Å². The Bertz CT molecular complexity index is 465. The molecule has 0 saturated carbocycles. The third-order valence-corrected chi connectivity index (χ3v) is 1.64. The van der Waals surface area contributed by atoms with Gasteiger partial charge in [-0.25, -0.2) is 0 Å². The minimum atomic E-state index is 0.301. The molecule has 3 nitrogen and oxygen atoms in total. The zero-order valence-electron chi connectivity index (χ0n) is 6.24. The molecule has 1 aromatic heterocycles. The van der Waals surface area contributed by atoms with E-state index < -0.39 is 0 Å². The lowest BCUT2D eigenvalue weighted by Gasteiger charge is -1.90. The number of fused-ring (bicyclic) bond motifs is 1. The second-order valence-electron chi connectivity index (χ2n) is 2.49. The lowest BCUT2D eigenvalue weighted by atomic mass is 10.2. The van der Waals surface area contributed by atoms with Crippen molar-refractivity contribution in [3.05, 3.63) is 35.7 Å². The fourth-order valence-corrected chi connectivity index (χ4v) is 1.10. The normalized spacial score (nSPS) is 9.92. The van der Waals surface area contributed by atoms with Gasteiger partial charge in [-0.05, 0) is 24.3 Å². The van der Waals surface area contributed by atoms with E-state index in [-0.39, 0.29) is 0 Å². The molecule has 0 amide bonds. The van der Waals surface area contributed by atoms with Gasteiger partial charge in [0.25, 0.3) is 0 Å². The predicted molar refractivity (Wildman–Crippen MR) is 46.9 cm³/mol. The van der Waals surface area contributed by atoms with Crippen LogP contribution >= 0.6 is 0 Å². The van der Waals surface area contributed by atoms with Crippen LogP contribution in [0.3, 0.4) is 0 Å². The molecule has 0 unspecified atom stereocenters. The van der Waals surface area contributed by atoms with Crippen molar-refractivity contribution in [3.8, 4) is 0 Å². The molecule has 0 aliphatic heterocycles. The fourth-order valence-electron chi connectivity index (χ4n) is 1.10. The Kier molecular flexibility index (Phi) is 1.28. The Labute approximate surface area is 69.2 Å². The predicted octanol–water partition coefficient (Wildman–Crippen LogP) is 2.57. The van der Waals surface area contributed by atoms with Crippen LogP contribution in [0.2, 0.25) is 0 Å². The summed E-state index contributed by atoms with van der Waals surface area (Å²) < 4.78 is 5.16. The highest BCUT2D eigenvalue weighted by atomic mass is 16.3. The van der Waals surface area contributed by atoms with E-state index in [1.807, 2.05) is 0 Å². The maximum absolute atomic E-state index is 6.73. The Morgan fingerprint density at radius 2 is 2.17 bits per heavy atom. The summed E-state index contributed by atoms with van der Waals surface area (Å²) >= 11 is 0. The van der Waals surface area contributed by atoms with Crippen LogP contribution in [0.25, 0.3) is 15.8 Å². The molecule has 0 aliphatic carbocycles. The second kappa shape index (κ2) is 2.28. The number of nitrogen functional groups attached to an aromatic ring is 1. The number of nitrogens with two attached hydrogens (primary N) is 1. The van der Waals surface area contributed by atoms with E-state index in [1.54, 1.807) is 24.3 Å². The van der Waals surface area contributed by atoms with Gasteiger partial charge in [0, 0.05) is 11.1 Å². The first kappa shape index (κ1) is 6.74. The number of rotatable bonds is 0. The molecule has 0 radical (unpaired) electrons. The maximum Gasteiger partial charge on any atom is 0.346 e. The second-order valence-corrected chi connectivity index (χ2v) is 2.49. The lowest BCUT2D eigenvalue weighted by molar-refractivity contribution is 0.642. The van der Waals surface area contributed by atoms with Crippen LogP contribution < -0.4 is 5.73 Å². The molecule has 2 aromatic rings. The molecule has 0 spiro atoms. The van der Waals surface area contributed by atoms with Crippen LogP contribution in [-0.4, -0.2) is 0 Å². The Morgan fingerprint density at radius 3 is 2.92 bits per heavy atom. The Balaban J connectivity index is 2.77. The molecule has 1 aromatic carbocycles. The molecule has 12 heavy (non-hydrogen) atoms. The summed E-state index contributed by atoms with van der Waals surface area (Å²) in [5.41, 5.74) is 6.94. The van der Waals surface area contributed by atoms with Gasteiger partial charge in [-0.1, -0.05) is 0 Å². The van der Waals surface area contributed by atoms with Crippen molar-refractivity contribution in [2.24, 2.45) is 0 Å². The first-order valence-corrected chi connectivity index (χ1v) is 3.46. The van der Waals surface area contributed by atoms with Crippen LogP contribution in [0.1, 0.15) is 0 Å². The first-order valence-electron chi connectivity index (χ1n) is 3.46. The molecule has 3 heteroatoms. The van der Waals surface area contributed by atoms with Crippen LogP contribution in [0, 0.1) is 6.57 Å². The summed E-state index contributed by atoms with van der Waals surface area (Å²) in [6, 6.07) is 6.98. The molecule has 2 N–H and O–H groups in total. The monoisotopic (exact) mass is 158 g/mol. The Morgan fingerprint density at radius 1 is 1.33 bits per heavy atom. The van der Waals surface area contributed by atoms with Gasteiger partial charge in [-0.2, -0.15) is 4.85 Å². The lowest BCUT2D eigenvalue weighted by Crippen LogP contribution is -1.80. The van der Waals surface area contributed by atoms with Gasteiger partial charge in [0.1, 0.15) is 5.58 Å². The molecular formula is C9H6N2O. The topological polar surface area (TPSA) is 43.5 Å². The van der Waals surface area contributed by atoms with Gasteiger partial charge in [0.05, 0.1) is 6.57 Å². The highest BCUT2D eigenvalue weighted by Crippen LogP contribution is 2.26. The molecule has 58 valence electrons. The number of anilines is 1. The van der Waals surface area contributed by atoms with E-state index in [1.165, 1.54) is 0 Å². The maximum atomic E-state index is 6.73.